The number of hydrogen-bond acceptors (Lipinski definition) is 3. The minimum atomic E-state index is 0.233. The Labute approximate surface area is 158 Å². The molecule has 4 aromatic rings. The Morgan fingerprint density at radius 1 is 0.815 bits per heavy atom. The van der Waals surface area contributed by atoms with Crippen molar-refractivity contribution in [2.45, 2.75) is 12.3 Å². The molecule has 1 aromatic heterocycles. The van der Waals surface area contributed by atoms with Gasteiger partial charge in [0, 0.05) is 24.5 Å². The molecule has 1 N–H and O–H groups in total. The van der Waals surface area contributed by atoms with Crippen LogP contribution in [0.15, 0.2) is 72.8 Å². The van der Waals surface area contributed by atoms with Gasteiger partial charge in [-0.15, -0.1) is 0 Å². The van der Waals surface area contributed by atoms with Crippen LogP contribution >= 0.6 is 0 Å². The smallest absolute Gasteiger partial charge is 0.163 e. The quantitative estimate of drug-likeness (QED) is 0.530. The highest BCUT2D eigenvalue weighted by Crippen LogP contribution is 2.33. The standard InChI is InChI=1S/C23H22N2O2/c1-26-21-14-19-20(15-22(21)27-2)25-23(24-19)13-18(16-9-5-3-6-10-16)17-11-7-4-8-12-17/h3-12,14-15,18H,13H2,1-2H3,(H,24,25). The second-order valence-corrected chi connectivity index (χ2v) is 6.49. The number of nitrogens with zero attached hydrogens (tertiary/aromatic N) is 1. The van der Waals surface area contributed by atoms with Gasteiger partial charge in [0.2, 0.25) is 0 Å². The van der Waals surface area contributed by atoms with Gasteiger partial charge in [-0.25, -0.2) is 4.98 Å². The van der Waals surface area contributed by atoms with Crippen molar-refractivity contribution >= 4 is 11.0 Å². The molecule has 0 unspecified atom stereocenters. The Kier molecular flexibility index (Phi) is 4.79. The molecule has 0 radical (unpaired) electrons. The fourth-order valence-electron chi connectivity index (χ4n) is 3.48. The minimum Gasteiger partial charge on any atom is -0.493 e. The number of imidazole rings is 1. The van der Waals surface area contributed by atoms with Gasteiger partial charge in [-0.2, -0.15) is 0 Å². The highest BCUT2D eigenvalue weighted by Gasteiger charge is 2.17. The van der Waals surface area contributed by atoms with Crippen molar-refractivity contribution in [3.05, 3.63) is 89.7 Å². The normalized spacial score (nSPS) is 11.1. The number of aromatic nitrogens is 2. The van der Waals surface area contributed by atoms with Crippen molar-refractivity contribution in [1.82, 2.24) is 9.97 Å². The summed E-state index contributed by atoms with van der Waals surface area (Å²) in [5.74, 6) is 2.56. The minimum absolute atomic E-state index is 0.233. The van der Waals surface area contributed by atoms with Gasteiger partial charge in [0.1, 0.15) is 5.82 Å². The summed E-state index contributed by atoms with van der Waals surface area (Å²) < 4.78 is 10.8. The van der Waals surface area contributed by atoms with Crippen LogP contribution in [-0.4, -0.2) is 24.2 Å². The van der Waals surface area contributed by atoms with Crippen LogP contribution in [0, 0.1) is 0 Å². The molecule has 4 heteroatoms. The second-order valence-electron chi connectivity index (χ2n) is 6.49. The average molecular weight is 358 g/mol. The third-order valence-corrected chi connectivity index (χ3v) is 4.84. The first-order valence-electron chi connectivity index (χ1n) is 8.99. The van der Waals surface area contributed by atoms with E-state index in [1.165, 1.54) is 11.1 Å². The van der Waals surface area contributed by atoms with Crippen LogP contribution in [0.2, 0.25) is 0 Å². The summed E-state index contributed by atoms with van der Waals surface area (Å²) in [6.07, 6.45) is 0.785. The number of nitrogens with one attached hydrogen (secondary N) is 1. The first kappa shape index (κ1) is 17.2. The lowest BCUT2D eigenvalue weighted by atomic mass is 9.88. The van der Waals surface area contributed by atoms with Gasteiger partial charge in [-0.3, -0.25) is 0 Å². The van der Waals surface area contributed by atoms with E-state index >= 15 is 0 Å². The number of fused-ring (bicyclic) bond motifs is 1. The Morgan fingerprint density at radius 2 is 1.37 bits per heavy atom. The Bertz CT molecular complexity index is 946. The van der Waals surface area contributed by atoms with Gasteiger partial charge >= 0.3 is 0 Å². The fourth-order valence-corrected chi connectivity index (χ4v) is 3.48. The molecular formula is C23H22N2O2. The molecule has 0 atom stereocenters. The third kappa shape index (κ3) is 3.51. The number of benzene rings is 3. The lowest BCUT2D eigenvalue weighted by molar-refractivity contribution is 0.356. The van der Waals surface area contributed by atoms with E-state index in [0.717, 1.165) is 23.3 Å². The summed E-state index contributed by atoms with van der Waals surface area (Å²) in [6.45, 7) is 0. The van der Waals surface area contributed by atoms with E-state index in [0.29, 0.717) is 11.5 Å². The van der Waals surface area contributed by atoms with Gasteiger partial charge in [0.25, 0.3) is 0 Å². The molecule has 0 spiro atoms. The molecule has 4 rings (SSSR count). The van der Waals surface area contributed by atoms with E-state index in [9.17, 15) is 0 Å². The van der Waals surface area contributed by atoms with Crippen molar-refractivity contribution in [2.75, 3.05) is 14.2 Å². The Balaban J connectivity index is 1.73. The second kappa shape index (κ2) is 7.54. The molecule has 0 aliphatic carbocycles. The van der Waals surface area contributed by atoms with Crippen LogP contribution in [0.4, 0.5) is 0 Å². The molecule has 0 fully saturated rings. The van der Waals surface area contributed by atoms with E-state index in [1.54, 1.807) is 14.2 Å². The molecule has 3 aromatic carbocycles. The van der Waals surface area contributed by atoms with Gasteiger partial charge in [0.15, 0.2) is 11.5 Å². The summed E-state index contributed by atoms with van der Waals surface area (Å²) in [4.78, 5) is 8.24. The summed E-state index contributed by atoms with van der Waals surface area (Å²) in [5, 5.41) is 0. The SMILES string of the molecule is COc1cc2nc(CC(c3ccccc3)c3ccccc3)[nH]c2cc1OC. The van der Waals surface area contributed by atoms with Crippen LogP contribution in [0.25, 0.3) is 11.0 Å². The molecule has 136 valence electrons. The first-order valence-corrected chi connectivity index (χ1v) is 8.99. The average Bonchev–Trinajstić information content (AvgIpc) is 3.13. The van der Waals surface area contributed by atoms with Crippen LogP contribution in [-0.2, 0) is 6.42 Å². The van der Waals surface area contributed by atoms with Crippen molar-refractivity contribution in [3.8, 4) is 11.5 Å². The molecule has 0 aliphatic heterocycles. The molecule has 0 aliphatic rings. The van der Waals surface area contributed by atoms with E-state index in [2.05, 4.69) is 53.5 Å². The Morgan fingerprint density at radius 3 is 1.93 bits per heavy atom. The molecule has 0 saturated carbocycles. The predicted molar refractivity (Wildman–Crippen MR) is 108 cm³/mol. The van der Waals surface area contributed by atoms with E-state index < -0.39 is 0 Å². The number of methoxy groups -OCH3 is 2. The van der Waals surface area contributed by atoms with Crippen molar-refractivity contribution in [3.63, 3.8) is 0 Å². The summed E-state index contributed by atoms with van der Waals surface area (Å²) in [5.41, 5.74) is 4.38. The maximum absolute atomic E-state index is 5.40. The largest absolute Gasteiger partial charge is 0.493 e. The first-order chi connectivity index (χ1) is 13.3. The topological polar surface area (TPSA) is 47.1 Å². The Hall–Kier alpha value is -3.27. The zero-order valence-electron chi connectivity index (χ0n) is 15.5. The van der Waals surface area contributed by atoms with Crippen molar-refractivity contribution in [1.29, 1.82) is 0 Å². The summed E-state index contributed by atoms with van der Waals surface area (Å²) in [6, 6.07) is 25.0. The molecule has 27 heavy (non-hydrogen) atoms. The van der Waals surface area contributed by atoms with Gasteiger partial charge in [-0.05, 0) is 11.1 Å². The zero-order valence-corrected chi connectivity index (χ0v) is 15.5. The van der Waals surface area contributed by atoms with E-state index in [4.69, 9.17) is 14.5 Å². The summed E-state index contributed by atoms with van der Waals surface area (Å²) in [7, 11) is 3.28. The third-order valence-electron chi connectivity index (χ3n) is 4.84. The predicted octanol–water partition coefficient (Wildman–Crippen LogP) is 4.95. The number of H-pyrrole nitrogens is 1. The van der Waals surface area contributed by atoms with Gasteiger partial charge in [-0.1, -0.05) is 60.7 Å². The van der Waals surface area contributed by atoms with E-state index in [-0.39, 0.29) is 5.92 Å². The molecule has 0 amide bonds. The van der Waals surface area contributed by atoms with Crippen LogP contribution < -0.4 is 9.47 Å². The maximum atomic E-state index is 5.40. The summed E-state index contributed by atoms with van der Waals surface area (Å²) >= 11 is 0. The van der Waals surface area contributed by atoms with Crippen LogP contribution in [0.3, 0.4) is 0 Å². The molecular weight excluding hydrogens is 336 g/mol. The van der Waals surface area contributed by atoms with Crippen LogP contribution in [0.5, 0.6) is 11.5 Å². The number of rotatable bonds is 6. The van der Waals surface area contributed by atoms with E-state index in [1.807, 2.05) is 24.3 Å². The lowest BCUT2D eigenvalue weighted by Gasteiger charge is -2.17. The molecule has 1 heterocycles. The highest BCUT2D eigenvalue weighted by atomic mass is 16.5. The maximum Gasteiger partial charge on any atom is 0.163 e. The number of hydrogen-bond donors (Lipinski definition) is 1. The van der Waals surface area contributed by atoms with Crippen LogP contribution in [0.1, 0.15) is 22.9 Å². The molecule has 0 bridgehead atoms. The van der Waals surface area contributed by atoms with Crippen molar-refractivity contribution < 1.29 is 9.47 Å². The molecule has 0 saturated heterocycles. The zero-order chi connectivity index (χ0) is 18.6. The number of ether oxygens (including phenoxy) is 2. The lowest BCUT2D eigenvalue weighted by Crippen LogP contribution is -2.06. The fraction of sp³-hybridized carbons (Fsp3) is 0.174. The van der Waals surface area contributed by atoms with Gasteiger partial charge in [0.05, 0.1) is 25.3 Å². The number of aromatic amines is 1. The van der Waals surface area contributed by atoms with Gasteiger partial charge < -0.3 is 14.5 Å². The molecule has 4 nitrogen and oxygen atoms in total. The monoisotopic (exact) mass is 358 g/mol. The highest BCUT2D eigenvalue weighted by molar-refractivity contribution is 5.79. The van der Waals surface area contributed by atoms with Crippen molar-refractivity contribution in [2.24, 2.45) is 0 Å².